The van der Waals surface area contributed by atoms with Crippen LogP contribution in [0.1, 0.15) is 10.7 Å². The van der Waals surface area contributed by atoms with E-state index in [1.54, 1.807) is 24.3 Å². The fourth-order valence-electron chi connectivity index (χ4n) is 2.71. The van der Waals surface area contributed by atoms with E-state index < -0.39 is 0 Å². The highest BCUT2D eigenvalue weighted by Gasteiger charge is 2.08. The van der Waals surface area contributed by atoms with Crippen molar-refractivity contribution >= 4 is 39.7 Å². The van der Waals surface area contributed by atoms with E-state index in [1.165, 1.54) is 33.7 Å². The summed E-state index contributed by atoms with van der Waals surface area (Å²) in [5, 5.41) is 7.76. The molecule has 30 heavy (non-hydrogen) atoms. The standard InChI is InChI=1S/C21H18N4O3S2/c1-14-24-25-20(27)11-16(23-21(25)30-14)12-28-17-7-5-6-15(10-17)22-19(26)13-29-18-8-3-2-4-9-18/h2-11H,12-13H2,1H3,(H,22,26). The molecule has 7 nitrogen and oxygen atoms in total. The SMILES string of the molecule is Cc1nn2c(=O)cc(COc3cccc(NC(=O)CSc4ccccc4)c3)nc2s1. The molecule has 0 spiro atoms. The second-order valence-electron chi connectivity index (χ2n) is 6.37. The number of hydrogen-bond donors (Lipinski definition) is 1. The summed E-state index contributed by atoms with van der Waals surface area (Å²) in [6, 6.07) is 18.3. The lowest BCUT2D eigenvalue weighted by molar-refractivity contribution is -0.113. The molecule has 0 unspecified atom stereocenters. The van der Waals surface area contributed by atoms with Gasteiger partial charge in [-0.25, -0.2) is 4.98 Å². The van der Waals surface area contributed by atoms with Gasteiger partial charge in [-0.3, -0.25) is 9.59 Å². The third-order valence-corrected chi connectivity index (χ3v) is 5.85. The number of ether oxygens (including phenoxy) is 1. The molecule has 0 aliphatic carbocycles. The minimum absolute atomic E-state index is 0.0956. The maximum absolute atomic E-state index is 12.2. The van der Waals surface area contributed by atoms with Gasteiger partial charge in [0, 0.05) is 22.7 Å². The first-order valence-corrected chi connectivity index (χ1v) is 10.9. The molecule has 0 radical (unpaired) electrons. The van der Waals surface area contributed by atoms with Crippen molar-refractivity contribution in [3.05, 3.63) is 81.7 Å². The number of nitrogens with zero attached hydrogens (tertiary/aromatic N) is 3. The summed E-state index contributed by atoms with van der Waals surface area (Å²) in [6.45, 7) is 1.97. The number of aryl methyl sites for hydroxylation is 1. The predicted molar refractivity (Wildman–Crippen MR) is 118 cm³/mol. The van der Waals surface area contributed by atoms with Crippen molar-refractivity contribution in [2.45, 2.75) is 18.4 Å². The number of rotatable bonds is 7. The normalized spacial score (nSPS) is 10.8. The Morgan fingerprint density at radius 1 is 1.17 bits per heavy atom. The average Bonchev–Trinajstić information content (AvgIpc) is 3.13. The largest absolute Gasteiger partial charge is 0.487 e. The van der Waals surface area contributed by atoms with Crippen LogP contribution in [-0.4, -0.2) is 26.3 Å². The van der Waals surface area contributed by atoms with Crippen LogP contribution in [0.4, 0.5) is 5.69 Å². The van der Waals surface area contributed by atoms with Crippen LogP contribution in [0.3, 0.4) is 0 Å². The van der Waals surface area contributed by atoms with Crippen LogP contribution in [0.25, 0.3) is 4.96 Å². The van der Waals surface area contributed by atoms with Crippen LogP contribution >= 0.6 is 23.1 Å². The van der Waals surface area contributed by atoms with Crippen LogP contribution in [0.5, 0.6) is 5.75 Å². The van der Waals surface area contributed by atoms with Crippen LogP contribution in [0.2, 0.25) is 0 Å². The molecule has 0 aliphatic rings. The quantitative estimate of drug-likeness (QED) is 0.442. The molecule has 0 saturated heterocycles. The monoisotopic (exact) mass is 438 g/mol. The number of aromatic nitrogens is 3. The highest BCUT2D eigenvalue weighted by Crippen LogP contribution is 2.20. The van der Waals surface area contributed by atoms with Gasteiger partial charge in [-0.2, -0.15) is 9.61 Å². The second kappa shape index (κ2) is 9.10. The van der Waals surface area contributed by atoms with Crippen LogP contribution in [0.15, 0.2) is 70.4 Å². The van der Waals surface area contributed by atoms with Gasteiger partial charge in [-0.1, -0.05) is 35.6 Å². The van der Waals surface area contributed by atoms with E-state index >= 15 is 0 Å². The summed E-state index contributed by atoms with van der Waals surface area (Å²) in [5.74, 6) is 0.796. The molecule has 0 saturated carbocycles. The number of carbonyl (C=O) groups excluding carboxylic acids is 1. The van der Waals surface area contributed by atoms with Gasteiger partial charge in [-0.15, -0.1) is 11.8 Å². The summed E-state index contributed by atoms with van der Waals surface area (Å²) in [7, 11) is 0. The number of fused-ring (bicyclic) bond motifs is 1. The molecule has 1 amide bonds. The maximum atomic E-state index is 12.2. The smallest absolute Gasteiger partial charge is 0.275 e. The zero-order valence-corrected chi connectivity index (χ0v) is 17.7. The summed E-state index contributed by atoms with van der Waals surface area (Å²) < 4.78 is 7.06. The lowest BCUT2D eigenvalue weighted by Gasteiger charge is -2.09. The van der Waals surface area contributed by atoms with Gasteiger partial charge in [0.05, 0.1) is 11.4 Å². The van der Waals surface area contributed by atoms with Gasteiger partial charge in [0.25, 0.3) is 5.56 Å². The second-order valence-corrected chi connectivity index (χ2v) is 8.58. The molecule has 0 fully saturated rings. The molecule has 0 atom stereocenters. The minimum atomic E-state index is -0.236. The highest BCUT2D eigenvalue weighted by atomic mass is 32.2. The van der Waals surface area contributed by atoms with Gasteiger partial charge in [0.1, 0.15) is 17.4 Å². The Morgan fingerprint density at radius 2 is 2.00 bits per heavy atom. The topological polar surface area (TPSA) is 85.6 Å². The summed E-state index contributed by atoms with van der Waals surface area (Å²) in [6.07, 6.45) is 0. The number of anilines is 1. The summed E-state index contributed by atoms with van der Waals surface area (Å²) in [4.78, 5) is 30.3. The third-order valence-electron chi connectivity index (χ3n) is 4.02. The zero-order chi connectivity index (χ0) is 20.9. The molecule has 0 aliphatic heterocycles. The van der Waals surface area contributed by atoms with E-state index in [9.17, 15) is 9.59 Å². The molecular formula is C21H18N4O3S2. The Labute approximate surface area is 180 Å². The molecule has 2 aromatic carbocycles. The number of thioether (sulfide) groups is 1. The Kier molecular flexibility index (Phi) is 6.10. The van der Waals surface area contributed by atoms with Crippen molar-refractivity contribution < 1.29 is 9.53 Å². The first-order chi connectivity index (χ1) is 14.6. The van der Waals surface area contributed by atoms with Gasteiger partial charge in [-0.05, 0) is 31.2 Å². The fraction of sp³-hybridized carbons (Fsp3) is 0.143. The molecule has 152 valence electrons. The van der Waals surface area contributed by atoms with E-state index in [1.807, 2.05) is 37.3 Å². The number of nitrogens with one attached hydrogen (secondary N) is 1. The molecule has 0 bridgehead atoms. The maximum Gasteiger partial charge on any atom is 0.275 e. The first kappa shape index (κ1) is 20.1. The van der Waals surface area contributed by atoms with Crippen LogP contribution < -0.4 is 15.6 Å². The molecule has 4 aromatic rings. The van der Waals surface area contributed by atoms with Gasteiger partial charge in [0.15, 0.2) is 0 Å². The molecular weight excluding hydrogens is 420 g/mol. The summed E-state index contributed by atoms with van der Waals surface area (Å²) >= 11 is 2.83. The van der Waals surface area contributed by atoms with Crippen molar-refractivity contribution in [2.24, 2.45) is 0 Å². The Bertz CT molecular complexity index is 1240. The van der Waals surface area contributed by atoms with Crippen molar-refractivity contribution in [1.29, 1.82) is 0 Å². The van der Waals surface area contributed by atoms with E-state index in [2.05, 4.69) is 15.4 Å². The number of benzene rings is 2. The van der Waals surface area contributed by atoms with Crippen molar-refractivity contribution in [3.63, 3.8) is 0 Å². The lowest BCUT2D eigenvalue weighted by Crippen LogP contribution is -2.16. The van der Waals surface area contributed by atoms with E-state index in [0.29, 0.717) is 27.8 Å². The first-order valence-electron chi connectivity index (χ1n) is 9.14. The Balaban J connectivity index is 1.36. The predicted octanol–water partition coefficient (Wildman–Crippen LogP) is 3.77. The Morgan fingerprint density at radius 3 is 2.83 bits per heavy atom. The third kappa shape index (κ3) is 5.05. The summed E-state index contributed by atoms with van der Waals surface area (Å²) in [5.41, 5.74) is 0.935. The van der Waals surface area contributed by atoms with Gasteiger partial charge >= 0.3 is 0 Å². The Hall–Kier alpha value is -3.17. The highest BCUT2D eigenvalue weighted by molar-refractivity contribution is 8.00. The molecule has 2 aromatic heterocycles. The van der Waals surface area contributed by atoms with E-state index in [-0.39, 0.29) is 18.1 Å². The fourth-order valence-corrected chi connectivity index (χ4v) is 4.20. The zero-order valence-electron chi connectivity index (χ0n) is 16.1. The number of carbonyl (C=O) groups is 1. The van der Waals surface area contributed by atoms with Crippen molar-refractivity contribution in [1.82, 2.24) is 14.6 Å². The van der Waals surface area contributed by atoms with Gasteiger partial charge < -0.3 is 10.1 Å². The van der Waals surface area contributed by atoms with Crippen molar-refractivity contribution in [3.8, 4) is 5.75 Å². The van der Waals surface area contributed by atoms with E-state index in [0.717, 1.165) is 9.90 Å². The minimum Gasteiger partial charge on any atom is -0.487 e. The number of amides is 1. The lowest BCUT2D eigenvalue weighted by atomic mass is 10.3. The van der Waals surface area contributed by atoms with E-state index in [4.69, 9.17) is 4.74 Å². The van der Waals surface area contributed by atoms with Crippen LogP contribution in [-0.2, 0) is 11.4 Å². The average molecular weight is 439 g/mol. The van der Waals surface area contributed by atoms with Crippen LogP contribution in [0, 0.1) is 6.92 Å². The van der Waals surface area contributed by atoms with Crippen molar-refractivity contribution in [2.75, 3.05) is 11.1 Å². The molecule has 1 N–H and O–H groups in total. The molecule has 2 heterocycles. The number of hydrogen-bond acceptors (Lipinski definition) is 7. The molecule has 4 rings (SSSR count). The molecule has 9 heteroatoms. The van der Waals surface area contributed by atoms with Gasteiger partial charge in [0.2, 0.25) is 10.9 Å².